The molecule has 0 aliphatic heterocycles. The Bertz CT molecular complexity index is 1580. The number of pyridine rings is 3. The fraction of sp³-hybridized carbons (Fsp3) is 0.259. The van der Waals surface area contributed by atoms with Gasteiger partial charge in [-0.1, -0.05) is 25.4 Å². The van der Waals surface area contributed by atoms with Crippen LogP contribution in [0.5, 0.6) is 0 Å². The van der Waals surface area contributed by atoms with Gasteiger partial charge in [0.05, 0.1) is 45.0 Å². The molecule has 3 heterocycles. The summed E-state index contributed by atoms with van der Waals surface area (Å²) in [5.74, 6) is -1.08. The Morgan fingerprint density at radius 3 is 2.46 bits per heavy atom. The van der Waals surface area contributed by atoms with E-state index in [0.29, 0.717) is 45.8 Å². The molecule has 0 fully saturated rings. The van der Waals surface area contributed by atoms with E-state index in [4.69, 9.17) is 11.6 Å². The molecule has 190 valence electrons. The number of benzene rings is 1. The van der Waals surface area contributed by atoms with Gasteiger partial charge in [0.25, 0.3) is 0 Å². The van der Waals surface area contributed by atoms with E-state index in [2.05, 4.69) is 20.3 Å². The summed E-state index contributed by atoms with van der Waals surface area (Å²) in [5, 5.41) is 12.7. The first-order chi connectivity index (χ1) is 17.6. The number of halogens is 3. The first-order valence-electron chi connectivity index (χ1n) is 11.8. The molecule has 0 bridgehead atoms. The number of fused-ring (bicyclic) bond motifs is 1. The van der Waals surface area contributed by atoms with Crippen molar-refractivity contribution in [3.05, 3.63) is 76.1 Å². The summed E-state index contributed by atoms with van der Waals surface area (Å²) in [7, 11) is -2.58. The summed E-state index contributed by atoms with van der Waals surface area (Å²) in [6.45, 7) is 7.13. The molecule has 37 heavy (non-hydrogen) atoms. The molecule has 0 amide bonds. The fourth-order valence-electron chi connectivity index (χ4n) is 4.15. The molecule has 0 spiro atoms. The molecular weight excluding hydrogens is 515 g/mol. The lowest BCUT2D eigenvalue weighted by Crippen LogP contribution is -2.13. The molecule has 1 aromatic carbocycles. The number of rotatable bonds is 7. The molecule has 4 aromatic rings. The van der Waals surface area contributed by atoms with E-state index in [0.717, 1.165) is 0 Å². The molecule has 0 saturated heterocycles. The minimum absolute atomic E-state index is 0.0319. The fourth-order valence-corrected chi connectivity index (χ4v) is 6.05. The van der Waals surface area contributed by atoms with Crippen molar-refractivity contribution in [3.8, 4) is 17.3 Å². The van der Waals surface area contributed by atoms with Crippen LogP contribution in [-0.4, -0.2) is 27.3 Å². The standard InChI is InChI=1S/C27H25ClF2N5OP/c1-5-37(36,6-2)23-10-8-18(14-32-23)25-21(30)12-22-26(35-25)27(24(28)16(4)33-22)34-15(3)19-11-17(13-31)7-9-20(19)29/h7-12,14-15H,5-6H2,1-4H3,(H,33,34)/t15-/m1/s1. The van der Waals surface area contributed by atoms with E-state index in [9.17, 15) is 14.2 Å². The Labute approximate surface area is 219 Å². The molecule has 0 radical (unpaired) electrons. The second-order valence-corrected chi connectivity index (χ2v) is 12.6. The molecular formula is C27H25ClF2N5OP. The van der Waals surface area contributed by atoms with Crippen molar-refractivity contribution in [1.82, 2.24) is 15.0 Å². The maximum Gasteiger partial charge on any atom is 0.151 e. The van der Waals surface area contributed by atoms with E-state index in [1.54, 1.807) is 26.0 Å². The van der Waals surface area contributed by atoms with Crippen LogP contribution in [0.3, 0.4) is 0 Å². The predicted molar refractivity (Wildman–Crippen MR) is 144 cm³/mol. The van der Waals surface area contributed by atoms with Crippen molar-refractivity contribution in [1.29, 1.82) is 5.26 Å². The van der Waals surface area contributed by atoms with Crippen LogP contribution in [0.4, 0.5) is 14.5 Å². The van der Waals surface area contributed by atoms with Crippen molar-refractivity contribution in [3.63, 3.8) is 0 Å². The number of hydrogen-bond donors (Lipinski definition) is 1. The number of nitriles is 1. The molecule has 3 aromatic heterocycles. The summed E-state index contributed by atoms with van der Waals surface area (Å²) in [5.41, 5.74) is 2.92. The molecule has 10 heteroatoms. The molecule has 4 rings (SSSR count). The van der Waals surface area contributed by atoms with E-state index < -0.39 is 24.8 Å². The topological polar surface area (TPSA) is 91.6 Å². The summed E-state index contributed by atoms with van der Waals surface area (Å²) in [6, 6.07) is 10.1. The minimum atomic E-state index is -2.58. The molecule has 1 N–H and O–H groups in total. The van der Waals surface area contributed by atoms with Crippen LogP contribution < -0.4 is 10.8 Å². The van der Waals surface area contributed by atoms with Gasteiger partial charge < -0.3 is 9.88 Å². The monoisotopic (exact) mass is 539 g/mol. The summed E-state index contributed by atoms with van der Waals surface area (Å²) < 4.78 is 42.8. The smallest absolute Gasteiger partial charge is 0.151 e. The molecule has 1 atom stereocenters. The van der Waals surface area contributed by atoms with Crippen molar-refractivity contribution in [2.75, 3.05) is 17.6 Å². The van der Waals surface area contributed by atoms with Crippen molar-refractivity contribution >= 4 is 40.9 Å². The van der Waals surface area contributed by atoms with E-state index in [1.165, 1.54) is 30.5 Å². The van der Waals surface area contributed by atoms with Gasteiger partial charge in [-0.3, -0.25) is 4.98 Å². The number of hydrogen-bond acceptors (Lipinski definition) is 6. The maximum absolute atomic E-state index is 15.2. The van der Waals surface area contributed by atoms with Gasteiger partial charge in [0.15, 0.2) is 5.82 Å². The zero-order valence-corrected chi connectivity index (χ0v) is 22.5. The van der Waals surface area contributed by atoms with Crippen LogP contribution >= 0.6 is 18.7 Å². The Morgan fingerprint density at radius 1 is 1.11 bits per heavy atom. The molecule has 0 saturated carbocycles. The zero-order valence-electron chi connectivity index (χ0n) is 20.8. The Hall–Kier alpha value is -3.40. The zero-order chi connectivity index (χ0) is 26.9. The molecule has 6 nitrogen and oxygen atoms in total. The summed E-state index contributed by atoms with van der Waals surface area (Å²) in [6.07, 6.45) is 2.45. The number of aromatic nitrogens is 3. The normalized spacial score (nSPS) is 12.4. The lowest BCUT2D eigenvalue weighted by atomic mass is 10.0. The Morgan fingerprint density at radius 2 is 1.84 bits per heavy atom. The van der Waals surface area contributed by atoms with E-state index >= 15 is 4.39 Å². The highest BCUT2D eigenvalue weighted by Crippen LogP contribution is 2.43. The molecule has 0 unspecified atom stereocenters. The second kappa shape index (κ2) is 10.5. The first kappa shape index (κ1) is 26.7. The predicted octanol–water partition coefficient (Wildman–Crippen LogP) is 7.00. The maximum atomic E-state index is 15.2. The Kier molecular flexibility index (Phi) is 7.59. The van der Waals surface area contributed by atoms with Crippen molar-refractivity contribution in [2.45, 2.75) is 33.7 Å². The number of anilines is 1. The van der Waals surface area contributed by atoms with Gasteiger partial charge in [0, 0.05) is 35.7 Å². The van der Waals surface area contributed by atoms with Crippen LogP contribution in [0, 0.1) is 29.9 Å². The van der Waals surface area contributed by atoms with Gasteiger partial charge in [0.1, 0.15) is 24.2 Å². The van der Waals surface area contributed by atoms with Gasteiger partial charge in [-0.25, -0.2) is 18.7 Å². The highest BCUT2D eigenvalue weighted by molar-refractivity contribution is 7.71. The van der Waals surface area contributed by atoms with Crippen LogP contribution in [0.15, 0.2) is 42.6 Å². The second-order valence-electron chi connectivity index (χ2n) is 8.71. The number of nitrogens with one attached hydrogen (secondary N) is 1. The lowest BCUT2D eigenvalue weighted by molar-refractivity contribution is 0.582. The van der Waals surface area contributed by atoms with Gasteiger partial charge >= 0.3 is 0 Å². The summed E-state index contributed by atoms with van der Waals surface area (Å²) >= 11 is 6.59. The SMILES string of the molecule is CCP(=O)(CC)c1ccc(-c2nc3c(N[C@H](C)c4cc(C#N)ccc4F)c(Cl)c(C)nc3cc2F)cn1. The Balaban J connectivity index is 1.82. The van der Waals surface area contributed by atoms with Gasteiger partial charge in [-0.2, -0.15) is 5.26 Å². The quantitative estimate of drug-likeness (QED) is 0.254. The van der Waals surface area contributed by atoms with Gasteiger partial charge in [-0.15, -0.1) is 0 Å². The number of aryl methyl sites for hydroxylation is 1. The van der Waals surface area contributed by atoms with Crippen molar-refractivity contribution in [2.24, 2.45) is 0 Å². The third kappa shape index (κ3) is 5.07. The van der Waals surface area contributed by atoms with E-state index in [1.807, 2.05) is 19.9 Å². The third-order valence-electron chi connectivity index (χ3n) is 6.43. The van der Waals surface area contributed by atoms with Crippen molar-refractivity contribution < 1.29 is 13.3 Å². The minimum Gasteiger partial charge on any atom is -0.375 e. The molecule has 0 aliphatic rings. The molecule has 0 aliphatic carbocycles. The summed E-state index contributed by atoms with van der Waals surface area (Å²) in [4.78, 5) is 13.3. The average molecular weight is 540 g/mol. The van der Waals surface area contributed by atoms with Gasteiger partial charge in [-0.05, 0) is 44.2 Å². The number of nitrogens with zero attached hydrogens (tertiary/aromatic N) is 4. The van der Waals surface area contributed by atoms with Crippen LogP contribution in [0.1, 0.15) is 43.6 Å². The highest BCUT2D eigenvalue weighted by atomic mass is 35.5. The average Bonchev–Trinajstić information content (AvgIpc) is 2.91. The van der Waals surface area contributed by atoms with E-state index in [-0.39, 0.29) is 21.8 Å². The van der Waals surface area contributed by atoms with Crippen LogP contribution in [-0.2, 0) is 4.57 Å². The first-order valence-corrected chi connectivity index (χ1v) is 14.2. The largest absolute Gasteiger partial charge is 0.375 e. The van der Waals surface area contributed by atoms with Gasteiger partial charge in [0.2, 0.25) is 0 Å². The van der Waals surface area contributed by atoms with Crippen LogP contribution in [0.2, 0.25) is 5.02 Å². The third-order valence-corrected chi connectivity index (χ3v) is 10.0. The lowest BCUT2D eigenvalue weighted by Gasteiger charge is -2.20. The highest BCUT2D eigenvalue weighted by Gasteiger charge is 2.23. The van der Waals surface area contributed by atoms with Crippen LogP contribution in [0.25, 0.3) is 22.3 Å².